The molecule has 0 unspecified atom stereocenters. The highest BCUT2D eigenvalue weighted by atomic mass is 35.5. The maximum atomic E-state index is 2.43. The summed E-state index contributed by atoms with van der Waals surface area (Å²) in [7, 11) is 4.86. The molecule has 0 radical (unpaired) electrons. The largest absolute Gasteiger partial charge is 1.00 e. The number of halogens is 1. The van der Waals surface area contributed by atoms with Crippen LogP contribution in [0.3, 0.4) is 0 Å². The van der Waals surface area contributed by atoms with Crippen molar-refractivity contribution in [3.8, 4) is 0 Å². The lowest BCUT2D eigenvalue weighted by Gasteiger charge is -2.30. The third kappa shape index (κ3) is 20.3. The van der Waals surface area contributed by atoms with E-state index >= 15 is 0 Å². The van der Waals surface area contributed by atoms with Gasteiger partial charge in [-0.3, -0.25) is 0 Å². The van der Waals surface area contributed by atoms with Gasteiger partial charge in [0.25, 0.3) is 0 Å². The monoisotopic (exact) mass is 361 g/mol. The third-order valence-electron chi connectivity index (χ3n) is 5.16. The molecular formula is C22H48ClN. The van der Waals surface area contributed by atoms with Crippen molar-refractivity contribution in [2.45, 2.75) is 111 Å². The Morgan fingerprint density at radius 1 is 0.583 bits per heavy atom. The minimum Gasteiger partial charge on any atom is -1.00 e. The summed E-state index contributed by atoms with van der Waals surface area (Å²) in [5.41, 5.74) is 0. The molecule has 24 heavy (non-hydrogen) atoms. The fraction of sp³-hybridized carbons (Fsp3) is 1.00. The molecule has 0 N–H and O–H groups in total. The Kier molecular flexibility index (Phi) is 19.9. The fourth-order valence-electron chi connectivity index (χ4n) is 3.41. The van der Waals surface area contributed by atoms with Crippen molar-refractivity contribution in [1.29, 1.82) is 0 Å². The summed E-state index contributed by atoms with van der Waals surface area (Å²) in [6, 6.07) is 0. The molecule has 0 bridgehead atoms. The van der Waals surface area contributed by atoms with Gasteiger partial charge in [0.05, 0.1) is 27.2 Å². The Bertz CT molecular complexity index is 238. The smallest absolute Gasteiger partial charge is 0.0782 e. The van der Waals surface area contributed by atoms with E-state index in [1.807, 2.05) is 0 Å². The first kappa shape index (κ1) is 26.5. The molecule has 0 atom stereocenters. The summed E-state index contributed by atoms with van der Waals surface area (Å²) in [5, 5.41) is 0. The summed E-state index contributed by atoms with van der Waals surface area (Å²) < 4.78 is 1.24. The Balaban J connectivity index is 0. The molecule has 0 aromatic carbocycles. The van der Waals surface area contributed by atoms with Gasteiger partial charge in [0, 0.05) is 0 Å². The van der Waals surface area contributed by atoms with Crippen molar-refractivity contribution in [3.05, 3.63) is 0 Å². The fourth-order valence-corrected chi connectivity index (χ4v) is 3.41. The number of nitrogens with zero attached hydrogens (tertiary/aromatic N) is 1. The highest BCUT2D eigenvalue weighted by Gasteiger charge is 2.13. The second-order valence-corrected chi connectivity index (χ2v) is 8.81. The lowest BCUT2D eigenvalue weighted by atomic mass is 10.0. The zero-order valence-electron chi connectivity index (χ0n) is 17.7. The second-order valence-electron chi connectivity index (χ2n) is 8.81. The van der Waals surface area contributed by atoms with Crippen molar-refractivity contribution in [2.75, 3.05) is 27.2 Å². The first-order valence-corrected chi connectivity index (χ1v) is 10.8. The molecule has 0 heterocycles. The lowest BCUT2D eigenvalue weighted by molar-refractivity contribution is -0.890. The summed E-state index contributed by atoms with van der Waals surface area (Å²) in [6.07, 6.45) is 20.1. The minimum atomic E-state index is 0. The molecule has 0 spiro atoms. The van der Waals surface area contributed by atoms with Crippen LogP contribution in [0, 0.1) is 5.92 Å². The first-order chi connectivity index (χ1) is 11.0. The van der Waals surface area contributed by atoms with Gasteiger partial charge in [-0.05, 0) is 31.6 Å². The number of quaternary nitrogens is 1. The molecule has 0 aromatic heterocycles. The number of hydrogen-bond donors (Lipinski definition) is 0. The molecule has 0 rings (SSSR count). The molecule has 0 aromatic rings. The van der Waals surface area contributed by atoms with Crippen molar-refractivity contribution < 1.29 is 16.9 Å². The molecule has 0 aliphatic heterocycles. The normalized spacial score (nSPS) is 11.8. The van der Waals surface area contributed by atoms with Gasteiger partial charge >= 0.3 is 0 Å². The van der Waals surface area contributed by atoms with Crippen LogP contribution in [-0.2, 0) is 0 Å². The molecule has 0 saturated carbocycles. The molecular weight excluding hydrogens is 314 g/mol. The summed E-state index contributed by atoms with van der Waals surface area (Å²) >= 11 is 0. The lowest BCUT2D eigenvalue weighted by Crippen LogP contribution is -3.00. The molecule has 148 valence electrons. The van der Waals surface area contributed by atoms with E-state index in [9.17, 15) is 0 Å². The zero-order chi connectivity index (χ0) is 17.4. The first-order valence-electron chi connectivity index (χ1n) is 10.8. The van der Waals surface area contributed by atoms with E-state index in [1.165, 1.54) is 107 Å². The predicted molar refractivity (Wildman–Crippen MR) is 107 cm³/mol. The number of unbranched alkanes of at least 4 members (excludes halogenated alkanes) is 11. The number of rotatable bonds is 17. The molecule has 1 nitrogen and oxygen atoms in total. The van der Waals surface area contributed by atoms with E-state index < -0.39 is 0 Å². The average molecular weight is 362 g/mol. The second kappa shape index (κ2) is 18.1. The molecule has 2 heteroatoms. The van der Waals surface area contributed by atoms with E-state index in [0.29, 0.717) is 0 Å². The van der Waals surface area contributed by atoms with E-state index in [2.05, 4.69) is 34.9 Å². The van der Waals surface area contributed by atoms with Crippen LogP contribution in [0.25, 0.3) is 0 Å². The summed E-state index contributed by atoms with van der Waals surface area (Å²) in [5.74, 6) is 0.886. The summed E-state index contributed by atoms with van der Waals surface area (Å²) in [4.78, 5) is 0. The minimum absolute atomic E-state index is 0. The quantitative estimate of drug-likeness (QED) is 0.269. The van der Waals surface area contributed by atoms with E-state index in [-0.39, 0.29) is 12.4 Å². The highest BCUT2D eigenvalue weighted by Crippen LogP contribution is 2.13. The predicted octanol–water partition coefficient (Wildman–Crippen LogP) is 4.20. The third-order valence-corrected chi connectivity index (χ3v) is 5.16. The van der Waals surface area contributed by atoms with Gasteiger partial charge in [-0.1, -0.05) is 85.0 Å². The maximum Gasteiger partial charge on any atom is 0.0782 e. The van der Waals surface area contributed by atoms with Gasteiger partial charge < -0.3 is 16.9 Å². The van der Waals surface area contributed by atoms with E-state index in [1.54, 1.807) is 0 Å². The van der Waals surface area contributed by atoms with Crippen molar-refractivity contribution in [1.82, 2.24) is 0 Å². The molecule has 0 saturated heterocycles. The van der Waals surface area contributed by atoms with Crippen LogP contribution in [-0.4, -0.2) is 31.7 Å². The van der Waals surface area contributed by atoms with E-state index in [4.69, 9.17) is 0 Å². The average Bonchev–Trinajstić information content (AvgIpc) is 2.48. The molecule has 0 aliphatic carbocycles. The number of hydrogen-bond acceptors (Lipinski definition) is 0. The Morgan fingerprint density at radius 3 is 1.38 bits per heavy atom. The van der Waals surface area contributed by atoms with Crippen molar-refractivity contribution in [3.63, 3.8) is 0 Å². The van der Waals surface area contributed by atoms with Crippen molar-refractivity contribution in [2.24, 2.45) is 5.92 Å². The standard InChI is InChI=1S/C22H48N.ClH/c1-6-7-8-9-10-11-14-17-20-23(4,5)21-18-15-12-13-16-19-22(2)3;/h22H,6-21H2,1-5H3;1H/q+1;/p-1. The van der Waals surface area contributed by atoms with Gasteiger partial charge in [0.2, 0.25) is 0 Å². The Hall–Kier alpha value is 0.250. The molecule has 0 amide bonds. The van der Waals surface area contributed by atoms with Crippen LogP contribution in [0.4, 0.5) is 0 Å². The van der Waals surface area contributed by atoms with Gasteiger partial charge in [0.15, 0.2) is 0 Å². The van der Waals surface area contributed by atoms with Crippen molar-refractivity contribution >= 4 is 0 Å². The van der Waals surface area contributed by atoms with Crippen LogP contribution < -0.4 is 12.4 Å². The van der Waals surface area contributed by atoms with Crippen LogP contribution in [0.2, 0.25) is 0 Å². The highest BCUT2D eigenvalue weighted by molar-refractivity contribution is 4.50. The maximum absolute atomic E-state index is 2.43. The molecule has 0 fully saturated rings. The molecule has 0 aliphatic rings. The zero-order valence-corrected chi connectivity index (χ0v) is 18.5. The van der Waals surface area contributed by atoms with Crippen LogP contribution in [0.1, 0.15) is 111 Å². The summed E-state index contributed by atoms with van der Waals surface area (Å²) in [6.45, 7) is 9.73. The van der Waals surface area contributed by atoms with Crippen LogP contribution in [0.15, 0.2) is 0 Å². The topological polar surface area (TPSA) is 0 Å². The SMILES string of the molecule is CCCCCCCCCC[N+](C)(C)CCCCCCCC(C)C.[Cl-]. The van der Waals surface area contributed by atoms with Gasteiger partial charge in [0.1, 0.15) is 0 Å². The van der Waals surface area contributed by atoms with Crippen LogP contribution in [0.5, 0.6) is 0 Å². The Labute approximate surface area is 161 Å². The Morgan fingerprint density at radius 2 is 0.958 bits per heavy atom. The van der Waals surface area contributed by atoms with Gasteiger partial charge in [-0.2, -0.15) is 0 Å². The van der Waals surface area contributed by atoms with Gasteiger partial charge in [-0.25, -0.2) is 0 Å². The van der Waals surface area contributed by atoms with E-state index in [0.717, 1.165) is 5.92 Å². The van der Waals surface area contributed by atoms with Gasteiger partial charge in [-0.15, -0.1) is 0 Å². The van der Waals surface area contributed by atoms with Crippen LogP contribution >= 0.6 is 0 Å².